The minimum atomic E-state index is -0.526. The Morgan fingerprint density at radius 2 is 2.08 bits per heavy atom. The highest BCUT2D eigenvalue weighted by Crippen LogP contribution is 2.22. The largest absolute Gasteiger partial charge is 0.496 e. The summed E-state index contributed by atoms with van der Waals surface area (Å²) in [7, 11) is 3.25. The zero-order valence-electron chi connectivity index (χ0n) is 13.3. The van der Waals surface area contributed by atoms with Crippen molar-refractivity contribution in [2.75, 3.05) is 12.9 Å². The van der Waals surface area contributed by atoms with E-state index < -0.39 is 5.91 Å². The average Bonchev–Trinajstić information content (AvgIpc) is 2.89. The summed E-state index contributed by atoms with van der Waals surface area (Å²) in [6.45, 7) is 1.82. The highest BCUT2D eigenvalue weighted by Gasteiger charge is 2.14. The molecule has 8 nitrogen and oxygen atoms in total. The Kier molecular flexibility index (Phi) is 6.04. The predicted molar refractivity (Wildman–Crippen MR) is 90.1 cm³/mol. The maximum Gasteiger partial charge on any atom is 0.273 e. The molecule has 2 rings (SSSR count). The lowest BCUT2D eigenvalue weighted by atomic mass is 10.2. The van der Waals surface area contributed by atoms with E-state index in [4.69, 9.17) is 16.3 Å². The Hall–Kier alpha value is -2.26. The molecular weight excluding hydrogens is 354 g/mol. The molecule has 0 saturated heterocycles. The molecule has 0 spiro atoms. The number of hydrazine groups is 1. The number of nitrogens with zero attached hydrogens (tertiary/aromatic N) is 3. The monoisotopic (exact) mass is 369 g/mol. The standard InChI is InChI=1S/C14H16ClN5O3S/c1-8-16-19-14(20(8)2)24-7-12(21)17-18-13(22)10-6-9(15)4-5-11(10)23-3/h4-6H,7H2,1-3H3,(H,17,21)(H,18,22). The highest BCUT2D eigenvalue weighted by molar-refractivity contribution is 7.99. The smallest absolute Gasteiger partial charge is 0.273 e. The molecule has 10 heteroatoms. The van der Waals surface area contributed by atoms with E-state index in [2.05, 4.69) is 21.0 Å². The van der Waals surface area contributed by atoms with Crippen LogP contribution in [0.1, 0.15) is 16.2 Å². The molecule has 1 aromatic heterocycles. The van der Waals surface area contributed by atoms with Crippen LogP contribution in [0.15, 0.2) is 23.4 Å². The normalized spacial score (nSPS) is 10.3. The van der Waals surface area contributed by atoms with Crippen molar-refractivity contribution < 1.29 is 14.3 Å². The van der Waals surface area contributed by atoms with Gasteiger partial charge in [-0.15, -0.1) is 10.2 Å². The third kappa shape index (κ3) is 4.39. The minimum Gasteiger partial charge on any atom is -0.496 e. The molecule has 0 aliphatic heterocycles. The molecule has 0 bridgehead atoms. The van der Waals surface area contributed by atoms with Crippen LogP contribution >= 0.6 is 23.4 Å². The summed E-state index contributed by atoms with van der Waals surface area (Å²) < 4.78 is 6.87. The van der Waals surface area contributed by atoms with Crippen molar-refractivity contribution in [3.05, 3.63) is 34.6 Å². The number of aryl methyl sites for hydroxylation is 1. The first-order chi connectivity index (χ1) is 11.4. The molecule has 24 heavy (non-hydrogen) atoms. The number of nitrogens with one attached hydrogen (secondary N) is 2. The van der Waals surface area contributed by atoms with Crippen LogP contribution in [0.25, 0.3) is 0 Å². The number of carbonyl (C=O) groups is 2. The van der Waals surface area contributed by atoms with Gasteiger partial charge in [0, 0.05) is 12.1 Å². The molecule has 2 aromatic rings. The van der Waals surface area contributed by atoms with Gasteiger partial charge in [-0.25, -0.2) is 0 Å². The summed E-state index contributed by atoms with van der Waals surface area (Å²) in [5.41, 5.74) is 4.88. The third-order valence-electron chi connectivity index (χ3n) is 3.11. The van der Waals surface area contributed by atoms with Gasteiger partial charge in [-0.05, 0) is 25.1 Å². The number of methoxy groups -OCH3 is 1. The Morgan fingerprint density at radius 3 is 2.71 bits per heavy atom. The van der Waals surface area contributed by atoms with E-state index in [0.29, 0.717) is 15.9 Å². The van der Waals surface area contributed by atoms with Gasteiger partial charge < -0.3 is 9.30 Å². The van der Waals surface area contributed by atoms with Gasteiger partial charge in [0.2, 0.25) is 5.91 Å². The zero-order chi connectivity index (χ0) is 17.7. The van der Waals surface area contributed by atoms with E-state index in [9.17, 15) is 9.59 Å². The maximum atomic E-state index is 12.1. The van der Waals surface area contributed by atoms with Crippen LogP contribution in [-0.4, -0.2) is 39.4 Å². The lowest BCUT2D eigenvalue weighted by Gasteiger charge is -2.10. The van der Waals surface area contributed by atoms with Crippen molar-refractivity contribution in [3.8, 4) is 5.75 Å². The van der Waals surface area contributed by atoms with E-state index in [1.54, 1.807) is 16.7 Å². The van der Waals surface area contributed by atoms with Gasteiger partial charge in [-0.3, -0.25) is 20.4 Å². The van der Waals surface area contributed by atoms with Crippen LogP contribution in [0.2, 0.25) is 5.02 Å². The molecule has 0 saturated carbocycles. The fraction of sp³-hybridized carbons (Fsp3) is 0.286. The van der Waals surface area contributed by atoms with E-state index in [1.807, 2.05) is 14.0 Å². The number of hydrogen-bond donors (Lipinski definition) is 2. The molecule has 2 amide bonds. The van der Waals surface area contributed by atoms with Crippen LogP contribution in [-0.2, 0) is 11.8 Å². The second kappa shape index (κ2) is 8.02. The van der Waals surface area contributed by atoms with Crippen LogP contribution in [0.3, 0.4) is 0 Å². The van der Waals surface area contributed by atoms with Crippen LogP contribution in [0.4, 0.5) is 0 Å². The van der Waals surface area contributed by atoms with Crippen molar-refractivity contribution in [1.82, 2.24) is 25.6 Å². The summed E-state index contributed by atoms with van der Waals surface area (Å²) in [4.78, 5) is 23.9. The number of ether oxygens (including phenoxy) is 1. The van der Waals surface area contributed by atoms with Crippen molar-refractivity contribution >= 4 is 35.2 Å². The number of aromatic nitrogens is 3. The lowest BCUT2D eigenvalue weighted by Crippen LogP contribution is -2.42. The van der Waals surface area contributed by atoms with Crippen molar-refractivity contribution in [2.45, 2.75) is 12.1 Å². The molecule has 0 unspecified atom stereocenters. The number of carbonyl (C=O) groups excluding carboxylic acids is 2. The summed E-state index contributed by atoms with van der Waals surface area (Å²) >= 11 is 7.09. The topological polar surface area (TPSA) is 98.1 Å². The SMILES string of the molecule is COc1ccc(Cl)cc1C(=O)NNC(=O)CSc1nnc(C)n1C. The quantitative estimate of drug-likeness (QED) is 0.609. The average molecular weight is 370 g/mol. The van der Waals surface area contributed by atoms with Gasteiger partial charge in [0.05, 0.1) is 18.4 Å². The van der Waals surface area contributed by atoms with Gasteiger partial charge >= 0.3 is 0 Å². The molecule has 0 radical (unpaired) electrons. The highest BCUT2D eigenvalue weighted by atomic mass is 35.5. The summed E-state index contributed by atoms with van der Waals surface area (Å²) in [5, 5.41) is 8.84. The van der Waals surface area contributed by atoms with Gasteiger partial charge in [0.25, 0.3) is 5.91 Å². The van der Waals surface area contributed by atoms with E-state index in [-0.39, 0.29) is 17.2 Å². The van der Waals surface area contributed by atoms with Gasteiger partial charge in [-0.2, -0.15) is 0 Å². The molecule has 0 fully saturated rings. The second-order valence-electron chi connectivity index (χ2n) is 4.72. The first-order valence-electron chi connectivity index (χ1n) is 6.84. The molecule has 128 valence electrons. The number of halogens is 1. The fourth-order valence-corrected chi connectivity index (χ4v) is 2.66. The maximum absolute atomic E-state index is 12.1. The Bertz CT molecular complexity index is 765. The molecule has 2 N–H and O–H groups in total. The summed E-state index contributed by atoms with van der Waals surface area (Å²) in [5.74, 6) is 0.283. The minimum absolute atomic E-state index is 0.0823. The first kappa shape index (κ1) is 18.1. The van der Waals surface area contributed by atoms with Gasteiger partial charge in [0.1, 0.15) is 11.6 Å². The molecule has 1 aromatic carbocycles. The molecule has 1 heterocycles. The summed E-state index contributed by atoms with van der Waals surface area (Å²) in [6.07, 6.45) is 0. The Balaban J connectivity index is 1.88. The van der Waals surface area contributed by atoms with Crippen LogP contribution in [0, 0.1) is 6.92 Å². The Labute approximate surface area is 147 Å². The second-order valence-corrected chi connectivity index (χ2v) is 6.10. The van der Waals surface area contributed by atoms with E-state index >= 15 is 0 Å². The molecule has 0 atom stereocenters. The first-order valence-corrected chi connectivity index (χ1v) is 8.20. The Morgan fingerprint density at radius 1 is 1.33 bits per heavy atom. The molecular formula is C14H16ClN5O3S. The van der Waals surface area contributed by atoms with E-state index in [1.165, 1.54) is 24.9 Å². The van der Waals surface area contributed by atoms with Crippen LogP contribution < -0.4 is 15.6 Å². The number of benzene rings is 1. The fourth-order valence-electron chi connectivity index (χ4n) is 1.73. The van der Waals surface area contributed by atoms with Gasteiger partial charge in [-0.1, -0.05) is 23.4 Å². The number of amides is 2. The number of hydrogen-bond acceptors (Lipinski definition) is 6. The predicted octanol–water partition coefficient (Wildman–Crippen LogP) is 1.34. The van der Waals surface area contributed by atoms with Crippen molar-refractivity contribution in [2.24, 2.45) is 7.05 Å². The number of rotatable bonds is 5. The molecule has 0 aliphatic rings. The third-order valence-corrected chi connectivity index (χ3v) is 4.36. The molecule has 0 aliphatic carbocycles. The van der Waals surface area contributed by atoms with Crippen molar-refractivity contribution in [1.29, 1.82) is 0 Å². The van der Waals surface area contributed by atoms with Crippen molar-refractivity contribution in [3.63, 3.8) is 0 Å². The van der Waals surface area contributed by atoms with Gasteiger partial charge in [0.15, 0.2) is 5.16 Å². The zero-order valence-corrected chi connectivity index (χ0v) is 14.9. The number of thioether (sulfide) groups is 1. The lowest BCUT2D eigenvalue weighted by molar-refractivity contribution is -0.119. The van der Waals surface area contributed by atoms with Crippen LogP contribution in [0.5, 0.6) is 5.75 Å². The summed E-state index contributed by atoms with van der Waals surface area (Å²) in [6, 6.07) is 4.64. The van der Waals surface area contributed by atoms with E-state index in [0.717, 1.165) is 5.82 Å².